The Morgan fingerprint density at radius 1 is 1.36 bits per heavy atom. The van der Waals surface area contributed by atoms with Gasteiger partial charge in [0.25, 0.3) is 0 Å². The predicted octanol–water partition coefficient (Wildman–Crippen LogP) is 0.642. The molecule has 0 bridgehead atoms. The third kappa shape index (κ3) is 6.64. The molecule has 67 valence electrons. The minimum atomic E-state index is -0.375. The summed E-state index contributed by atoms with van der Waals surface area (Å²) in [5, 5.41) is 0. The number of ether oxygens (including phenoxy) is 2. The molecular formula is C7H13O3Re-. The average molecular weight is 331 g/mol. The summed E-state index contributed by atoms with van der Waals surface area (Å²) in [5.41, 5.74) is 0. The van der Waals surface area contributed by atoms with Crippen molar-refractivity contribution in [1.82, 2.24) is 0 Å². The maximum Gasteiger partial charge on any atom is 0.0929 e. The van der Waals surface area contributed by atoms with E-state index in [1.807, 2.05) is 0 Å². The minimum absolute atomic E-state index is 0. The van der Waals surface area contributed by atoms with E-state index in [1.54, 1.807) is 13.3 Å². The van der Waals surface area contributed by atoms with Crippen LogP contribution in [0.25, 0.3) is 0 Å². The average Bonchev–Trinajstić information content (AvgIpc) is 1.99. The van der Waals surface area contributed by atoms with Gasteiger partial charge in [0.15, 0.2) is 0 Å². The van der Waals surface area contributed by atoms with Crippen LogP contribution in [0.1, 0.15) is 6.92 Å². The molecule has 0 spiro atoms. The fourth-order valence-electron chi connectivity index (χ4n) is 0.547. The summed E-state index contributed by atoms with van der Waals surface area (Å²) in [7, 11) is 3.06. The molecule has 0 N–H and O–H groups in total. The summed E-state index contributed by atoms with van der Waals surface area (Å²) < 4.78 is 9.67. The zero-order valence-corrected chi connectivity index (χ0v) is 9.63. The first-order valence-electron chi connectivity index (χ1n) is 3.10. The van der Waals surface area contributed by atoms with Crippen LogP contribution in [0, 0.1) is 12.3 Å². The molecule has 0 heterocycles. The molecule has 0 aliphatic heterocycles. The van der Waals surface area contributed by atoms with Crippen LogP contribution in [0.5, 0.6) is 0 Å². The molecular weight excluding hydrogens is 318 g/mol. The van der Waals surface area contributed by atoms with Crippen LogP contribution in [0.4, 0.5) is 0 Å². The monoisotopic (exact) mass is 332 g/mol. The van der Waals surface area contributed by atoms with E-state index in [9.17, 15) is 4.79 Å². The zero-order chi connectivity index (χ0) is 7.98. The van der Waals surface area contributed by atoms with Crippen molar-refractivity contribution >= 4 is 6.29 Å². The first kappa shape index (κ1) is 13.8. The molecule has 0 saturated carbocycles. The van der Waals surface area contributed by atoms with Crippen molar-refractivity contribution in [2.24, 2.45) is 5.92 Å². The third-order valence-corrected chi connectivity index (χ3v) is 1.14. The van der Waals surface area contributed by atoms with E-state index in [0.717, 1.165) is 6.29 Å². The standard InChI is InChI=1S/C7H13O3.Re/c1-6(5-8)4-7(9-2)10-3;/h4-7H,1-3H3;/q-1;. The van der Waals surface area contributed by atoms with Crippen molar-refractivity contribution in [3.8, 4) is 0 Å². The van der Waals surface area contributed by atoms with Gasteiger partial charge in [0.2, 0.25) is 0 Å². The molecule has 0 aliphatic rings. The fraction of sp³-hybridized carbons (Fsp3) is 0.714. The number of hydrogen-bond donors (Lipinski definition) is 0. The molecule has 0 aliphatic carbocycles. The van der Waals surface area contributed by atoms with Gasteiger partial charge in [-0.15, -0.1) is 5.92 Å². The van der Waals surface area contributed by atoms with Crippen molar-refractivity contribution in [2.75, 3.05) is 14.2 Å². The molecule has 0 fully saturated rings. The Hall–Kier alpha value is 0.252. The van der Waals surface area contributed by atoms with Gasteiger partial charge < -0.3 is 14.3 Å². The first-order valence-corrected chi connectivity index (χ1v) is 3.10. The molecule has 1 unspecified atom stereocenters. The summed E-state index contributed by atoms with van der Waals surface area (Å²) in [6, 6.07) is 0. The molecule has 1 radical (unpaired) electrons. The van der Waals surface area contributed by atoms with Crippen LogP contribution < -0.4 is 0 Å². The quantitative estimate of drug-likeness (QED) is 0.421. The SMILES string of the molecule is COC([CH-]C(C)C=O)OC.[Re]. The van der Waals surface area contributed by atoms with Gasteiger partial charge >= 0.3 is 0 Å². The van der Waals surface area contributed by atoms with Crippen molar-refractivity contribution in [3.63, 3.8) is 0 Å². The van der Waals surface area contributed by atoms with Gasteiger partial charge in [-0.05, 0) is 0 Å². The first-order chi connectivity index (χ1) is 4.74. The summed E-state index contributed by atoms with van der Waals surface area (Å²) >= 11 is 0. The minimum Gasteiger partial charge on any atom is -0.387 e. The van der Waals surface area contributed by atoms with Gasteiger partial charge in [0.05, 0.1) is 6.29 Å². The van der Waals surface area contributed by atoms with E-state index in [1.165, 1.54) is 14.2 Å². The van der Waals surface area contributed by atoms with Crippen molar-refractivity contribution in [2.45, 2.75) is 13.2 Å². The molecule has 4 heteroatoms. The number of hydrogen-bond acceptors (Lipinski definition) is 3. The van der Waals surface area contributed by atoms with Gasteiger partial charge in [0, 0.05) is 40.9 Å². The predicted molar refractivity (Wildman–Crippen MR) is 37.3 cm³/mol. The van der Waals surface area contributed by atoms with Crippen LogP contribution in [-0.2, 0) is 34.7 Å². The second-order valence-electron chi connectivity index (χ2n) is 2.03. The molecule has 0 saturated heterocycles. The Kier molecular flexibility index (Phi) is 10.5. The van der Waals surface area contributed by atoms with Gasteiger partial charge in [0.1, 0.15) is 0 Å². The Morgan fingerprint density at radius 2 is 1.82 bits per heavy atom. The summed E-state index contributed by atoms with van der Waals surface area (Å²) in [5.74, 6) is -0.120. The van der Waals surface area contributed by atoms with Gasteiger partial charge in [-0.25, -0.2) is 0 Å². The van der Waals surface area contributed by atoms with Gasteiger partial charge in [-0.2, -0.15) is 0 Å². The zero-order valence-electron chi connectivity index (χ0n) is 6.91. The van der Waals surface area contributed by atoms with Crippen LogP contribution in [0.2, 0.25) is 0 Å². The molecule has 3 nitrogen and oxygen atoms in total. The Bertz CT molecular complexity index is 93.7. The molecule has 0 aromatic heterocycles. The molecule has 11 heavy (non-hydrogen) atoms. The maximum atomic E-state index is 10.1. The number of aldehydes is 1. The van der Waals surface area contributed by atoms with Gasteiger partial charge in [-0.3, -0.25) is 6.42 Å². The fourth-order valence-corrected chi connectivity index (χ4v) is 0.547. The van der Waals surface area contributed by atoms with Crippen molar-refractivity contribution in [3.05, 3.63) is 6.42 Å². The van der Waals surface area contributed by atoms with E-state index in [0.29, 0.717) is 0 Å². The van der Waals surface area contributed by atoms with Gasteiger partial charge in [-0.1, -0.05) is 6.92 Å². The van der Waals surface area contributed by atoms with Crippen molar-refractivity contribution < 1.29 is 34.7 Å². The summed E-state index contributed by atoms with van der Waals surface area (Å²) in [6.45, 7) is 1.78. The largest absolute Gasteiger partial charge is 0.387 e. The Morgan fingerprint density at radius 3 is 2.09 bits per heavy atom. The molecule has 0 aromatic carbocycles. The van der Waals surface area contributed by atoms with Crippen LogP contribution in [0.3, 0.4) is 0 Å². The van der Waals surface area contributed by atoms with E-state index in [-0.39, 0.29) is 32.6 Å². The van der Waals surface area contributed by atoms with E-state index in [2.05, 4.69) is 0 Å². The Balaban J connectivity index is 0. The molecule has 1 atom stereocenters. The summed E-state index contributed by atoms with van der Waals surface area (Å²) in [4.78, 5) is 10.1. The number of carbonyl (C=O) groups excluding carboxylic acids is 1. The smallest absolute Gasteiger partial charge is 0.0929 e. The van der Waals surface area contributed by atoms with E-state index >= 15 is 0 Å². The van der Waals surface area contributed by atoms with Crippen LogP contribution in [0.15, 0.2) is 0 Å². The normalized spacial score (nSPS) is 12.4. The third-order valence-electron chi connectivity index (χ3n) is 1.14. The molecule has 0 aromatic rings. The van der Waals surface area contributed by atoms with Crippen molar-refractivity contribution in [1.29, 1.82) is 0 Å². The topological polar surface area (TPSA) is 35.5 Å². The number of rotatable bonds is 5. The summed E-state index contributed by atoms with van der Waals surface area (Å²) in [6.07, 6.45) is 2.15. The van der Waals surface area contributed by atoms with E-state index in [4.69, 9.17) is 9.47 Å². The van der Waals surface area contributed by atoms with Crippen LogP contribution in [-0.4, -0.2) is 26.8 Å². The second-order valence-corrected chi connectivity index (χ2v) is 2.03. The molecule has 0 amide bonds. The molecule has 0 rings (SSSR count). The number of carbonyl (C=O) groups is 1. The second kappa shape index (κ2) is 8.35. The maximum absolute atomic E-state index is 10.1. The van der Waals surface area contributed by atoms with E-state index < -0.39 is 0 Å². The Labute approximate surface area is 81.1 Å². The van der Waals surface area contributed by atoms with Crippen LogP contribution >= 0.6 is 0 Å². The number of methoxy groups -OCH3 is 2.